The van der Waals surface area contributed by atoms with Gasteiger partial charge in [0.2, 0.25) is 0 Å². The molecule has 0 aliphatic rings. The smallest absolute Gasteiger partial charge is 0.257 e. The van der Waals surface area contributed by atoms with Gasteiger partial charge in [-0.2, -0.15) is 5.10 Å². The molecule has 4 heteroatoms. The van der Waals surface area contributed by atoms with Gasteiger partial charge in [0.05, 0.1) is 24.0 Å². The average Bonchev–Trinajstić information content (AvgIpc) is 2.95. The largest absolute Gasteiger partial charge is 0.342 e. The van der Waals surface area contributed by atoms with Crippen LogP contribution in [-0.4, -0.2) is 34.2 Å². The van der Waals surface area contributed by atoms with Gasteiger partial charge in [0.25, 0.3) is 5.91 Å². The number of unbranched alkanes of at least 4 members (excludes halogenated alkanes) is 1. The number of amides is 1. The van der Waals surface area contributed by atoms with Gasteiger partial charge in [0.1, 0.15) is 0 Å². The molecule has 1 heterocycles. The van der Waals surface area contributed by atoms with Crippen molar-refractivity contribution in [3.63, 3.8) is 0 Å². The van der Waals surface area contributed by atoms with Crippen molar-refractivity contribution in [2.45, 2.75) is 39.7 Å². The lowest BCUT2D eigenvalue weighted by Crippen LogP contribution is -2.28. The highest BCUT2D eigenvalue weighted by Crippen LogP contribution is 2.14. The molecule has 0 aliphatic heterocycles. The molecule has 0 saturated carbocycles. The minimum atomic E-state index is 0.0737. The minimum absolute atomic E-state index is 0.0737. The van der Waals surface area contributed by atoms with Crippen LogP contribution in [0.25, 0.3) is 0 Å². The Morgan fingerprint density at radius 2 is 1.95 bits per heavy atom. The van der Waals surface area contributed by atoms with Gasteiger partial charge in [-0.3, -0.25) is 9.48 Å². The molecule has 0 fully saturated rings. The summed E-state index contributed by atoms with van der Waals surface area (Å²) >= 11 is 0. The molecule has 0 bridgehead atoms. The van der Waals surface area contributed by atoms with Gasteiger partial charge in [0.15, 0.2) is 0 Å². The Morgan fingerprint density at radius 3 is 2.59 bits per heavy atom. The first-order valence-corrected chi connectivity index (χ1v) is 8.01. The lowest BCUT2D eigenvalue weighted by molar-refractivity contribution is 0.0792. The molecule has 2 rings (SSSR count). The van der Waals surface area contributed by atoms with Crippen molar-refractivity contribution in [2.24, 2.45) is 0 Å². The Labute approximate surface area is 132 Å². The van der Waals surface area contributed by atoms with Crippen molar-refractivity contribution < 1.29 is 4.79 Å². The normalized spacial score (nSPS) is 10.7. The molecule has 1 aromatic heterocycles. The van der Waals surface area contributed by atoms with E-state index in [9.17, 15) is 4.79 Å². The predicted molar refractivity (Wildman–Crippen MR) is 89.0 cm³/mol. The molecule has 0 aliphatic carbocycles. The number of benzene rings is 1. The highest BCUT2D eigenvalue weighted by atomic mass is 16.2. The molecule has 0 radical (unpaired) electrons. The van der Waals surface area contributed by atoms with Crippen LogP contribution in [0.4, 0.5) is 0 Å². The van der Waals surface area contributed by atoms with Gasteiger partial charge in [-0.25, -0.2) is 0 Å². The summed E-state index contributed by atoms with van der Waals surface area (Å²) in [6.45, 7) is 5.70. The molecular weight excluding hydrogens is 274 g/mol. The number of carbonyl (C=O) groups is 1. The maximum absolute atomic E-state index is 12.6. The molecule has 4 nitrogen and oxygen atoms in total. The minimum Gasteiger partial charge on any atom is -0.342 e. The van der Waals surface area contributed by atoms with Crippen molar-refractivity contribution in [3.8, 4) is 0 Å². The number of aromatic nitrogens is 2. The molecule has 0 spiro atoms. The van der Waals surface area contributed by atoms with Crippen LogP contribution in [-0.2, 0) is 13.0 Å². The van der Waals surface area contributed by atoms with E-state index >= 15 is 0 Å². The number of hydrogen-bond acceptors (Lipinski definition) is 2. The highest BCUT2D eigenvalue weighted by Gasteiger charge is 2.19. The fourth-order valence-electron chi connectivity index (χ4n) is 2.56. The molecule has 1 amide bonds. The molecule has 0 atom stereocenters. The summed E-state index contributed by atoms with van der Waals surface area (Å²) in [5.74, 6) is 0.0737. The first-order chi connectivity index (χ1) is 10.7. The third kappa shape index (κ3) is 3.75. The fraction of sp³-hybridized carbons (Fsp3) is 0.444. The molecule has 2 aromatic rings. The average molecular weight is 299 g/mol. The Hall–Kier alpha value is -2.10. The second kappa shape index (κ2) is 7.78. The Kier molecular flexibility index (Phi) is 5.75. The van der Waals surface area contributed by atoms with Gasteiger partial charge in [0, 0.05) is 13.6 Å². The summed E-state index contributed by atoms with van der Waals surface area (Å²) in [5.41, 5.74) is 2.94. The van der Waals surface area contributed by atoms with Crippen molar-refractivity contribution in [1.29, 1.82) is 0 Å². The van der Waals surface area contributed by atoms with Crippen LogP contribution in [0.5, 0.6) is 0 Å². The summed E-state index contributed by atoms with van der Waals surface area (Å²) in [6, 6.07) is 10.2. The van der Waals surface area contributed by atoms with E-state index in [4.69, 9.17) is 0 Å². The first-order valence-electron chi connectivity index (χ1n) is 8.01. The third-order valence-electron chi connectivity index (χ3n) is 3.88. The molecule has 118 valence electrons. The van der Waals surface area contributed by atoms with Crippen molar-refractivity contribution in [1.82, 2.24) is 14.7 Å². The number of rotatable bonds is 7. The summed E-state index contributed by atoms with van der Waals surface area (Å²) in [4.78, 5) is 14.4. The summed E-state index contributed by atoms with van der Waals surface area (Å²) < 4.78 is 1.94. The molecule has 0 unspecified atom stereocenters. The first kappa shape index (κ1) is 16.3. The lowest BCUT2D eigenvalue weighted by Gasteiger charge is -2.17. The van der Waals surface area contributed by atoms with E-state index in [-0.39, 0.29) is 5.91 Å². The zero-order chi connectivity index (χ0) is 15.9. The summed E-state index contributed by atoms with van der Waals surface area (Å²) in [5, 5.41) is 4.44. The Balaban J connectivity index is 2.18. The van der Waals surface area contributed by atoms with Crippen molar-refractivity contribution in [2.75, 3.05) is 13.6 Å². The SMILES string of the molecule is CCCCN(C)C(=O)c1cnn(Cc2ccccc2)c1CC. The number of hydrogen-bond donors (Lipinski definition) is 0. The third-order valence-corrected chi connectivity index (χ3v) is 3.88. The lowest BCUT2D eigenvalue weighted by atomic mass is 10.1. The second-order valence-electron chi connectivity index (χ2n) is 5.58. The molecule has 0 N–H and O–H groups in total. The van der Waals surface area contributed by atoms with E-state index in [0.717, 1.165) is 37.1 Å². The Bertz CT molecular complexity index is 604. The van der Waals surface area contributed by atoms with E-state index in [2.05, 4.69) is 31.1 Å². The van der Waals surface area contributed by atoms with E-state index in [1.165, 1.54) is 5.56 Å². The fourth-order valence-corrected chi connectivity index (χ4v) is 2.56. The molecule has 22 heavy (non-hydrogen) atoms. The van der Waals surface area contributed by atoms with Crippen LogP contribution in [0.15, 0.2) is 36.5 Å². The van der Waals surface area contributed by atoms with Crippen LogP contribution in [0.2, 0.25) is 0 Å². The quantitative estimate of drug-likeness (QED) is 0.786. The second-order valence-corrected chi connectivity index (χ2v) is 5.58. The van der Waals surface area contributed by atoms with E-state index < -0.39 is 0 Å². The van der Waals surface area contributed by atoms with Crippen LogP contribution >= 0.6 is 0 Å². The zero-order valence-corrected chi connectivity index (χ0v) is 13.7. The van der Waals surface area contributed by atoms with Gasteiger partial charge in [-0.05, 0) is 18.4 Å². The topological polar surface area (TPSA) is 38.1 Å². The molecular formula is C18H25N3O. The van der Waals surface area contributed by atoms with Crippen LogP contribution < -0.4 is 0 Å². The maximum atomic E-state index is 12.6. The monoisotopic (exact) mass is 299 g/mol. The van der Waals surface area contributed by atoms with Gasteiger partial charge >= 0.3 is 0 Å². The Morgan fingerprint density at radius 1 is 1.23 bits per heavy atom. The standard InChI is InChI=1S/C18H25N3O/c1-4-6-12-20(3)18(22)16-13-19-21(17(16)5-2)14-15-10-8-7-9-11-15/h7-11,13H,4-6,12,14H2,1-3H3. The van der Waals surface area contributed by atoms with Crippen LogP contribution in [0, 0.1) is 0 Å². The van der Waals surface area contributed by atoms with Gasteiger partial charge in [-0.1, -0.05) is 50.6 Å². The van der Waals surface area contributed by atoms with Gasteiger partial charge < -0.3 is 4.90 Å². The van der Waals surface area contributed by atoms with E-state index in [1.807, 2.05) is 29.9 Å². The van der Waals surface area contributed by atoms with Crippen molar-refractivity contribution in [3.05, 3.63) is 53.3 Å². The highest BCUT2D eigenvalue weighted by molar-refractivity contribution is 5.95. The predicted octanol–water partition coefficient (Wildman–Crippen LogP) is 3.37. The van der Waals surface area contributed by atoms with E-state index in [0.29, 0.717) is 6.54 Å². The van der Waals surface area contributed by atoms with Crippen molar-refractivity contribution >= 4 is 5.91 Å². The molecule has 1 aromatic carbocycles. The summed E-state index contributed by atoms with van der Waals surface area (Å²) in [6.07, 6.45) is 4.63. The maximum Gasteiger partial charge on any atom is 0.257 e. The van der Waals surface area contributed by atoms with Crippen LogP contribution in [0.1, 0.15) is 48.3 Å². The zero-order valence-electron chi connectivity index (χ0n) is 13.7. The number of carbonyl (C=O) groups excluding carboxylic acids is 1. The summed E-state index contributed by atoms with van der Waals surface area (Å²) in [7, 11) is 1.87. The van der Waals surface area contributed by atoms with E-state index in [1.54, 1.807) is 11.1 Å². The number of nitrogens with zero attached hydrogens (tertiary/aromatic N) is 3. The molecule has 0 saturated heterocycles. The van der Waals surface area contributed by atoms with Crippen LogP contribution in [0.3, 0.4) is 0 Å². The van der Waals surface area contributed by atoms with Gasteiger partial charge in [-0.15, -0.1) is 0 Å².